The first kappa shape index (κ1) is 11.6. The van der Waals surface area contributed by atoms with Crippen LogP contribution in [0.5, 0.6) is 0 Å². The molecule has 0 amide bonds. The van der Waals surface area contributed by atoms with Crippen molar-refractivity contribution in [3.8, 4) is 0 Å². The predicted octanol–water partition coefficient (Wildman–Crippen LogP) is 2.59. The highest BCUT2D eigenvalue weighted by molar-refractivity contribution is 4.63. The lowest BCUT2D eigenvalue weighted by Crippen LogP contribution is -2.16. The maximum atomic E-state index is 9.95. The fraction of sp³-hybridized carbons (Fsp3) is 1.00. The van der Waals surface area contributed by atoms with Gasteiger partial charge < -0.3 is 4.74 Å². The van der Waals surface area contributed by atoms with Crippen molar-refractivity contribution >= 4 is 0 Å². The van der Waals surface area contributed by atoms with Crippen LogP contribution in [0, 0.1) is 10.8 Å². The van der Waals surface area contributed by atoms with Crippen LogP contribution in [0.2, 0.25) is 0 Å². The van der Waals surface area contributed by atoms with Gasteiger partial charge in [-0.3, -0.25) is 0 Å². The van der Waals surface area contributed by atoms with E-state index in [-0.39, 0.29) is 0 Å². The zero-order chi connectivity index (χ0) is 9.40. The van der Waals surface area contributed by atoms with Crippen molar-refractivity contribution in [2.24, 2.45) is 11.1 Å². The predicted molar refractivity (Wildman–Crippen MR) is 50.1 cm³/mol. The molecule has 12 heavy (non-hydrogen) atoms. The quantitative estimate of drug-likeness (QED) is 0.555. The monoisotopic (exact) mass is 173 g/mol. The fourth-order valence-corrected chi connectivity index (χ4v) is 1.24. The summed E-state index contributed by atoms with van der Waals surface area (Å²) in [6.07, 6.45) is 2.25. The molecule has 0 aliphatic rings. The number of ether oxygens (including phenoxy) is 1. The molecule has 0 aliphatic carbocycles. The van der Waals surface area contributed by atoms with E-state index in [1.165, 1.54) is 0 Å². The Hall–Kier alpha value is -0.440. The molecule has 3 nitrogen and oxygen atoms in total. The van der Waals surface area contributed by atoms with Gasteiger partial charge in [0.1, 0.15) is 0 Å². The molecule has 0 rings (SSSR count). The van der Waals surface area contributed by atoms with Crippen LogP contribution in [0.1, 0.15) is 33.6 Å². The molecule has 0 N–H and O–H groups in total. The van der Waals surface area contributed by atoms with Gasteiger partial charge >= 0.3 is 0 Å². The molecule has 0 bridgehead atoms. The van der Waals surface area contributed by atoms with Gasteiger partial charge in [-0.2, -0.15) is 4.91 Å². The third kappa shape index (κ3) is 5.24. The van der Waals surface area contributed by atoms with E-state index in [1.54, 1.807) is 0 Å². The smallest absolute Gasteiger partial charge is 0.0837 e. The van der Waals surface area contributed by atoms with E-state index in [0.29, 0.717) is 18.6 Å². The molecule has 0 fully saturated rings. The van der Waals surface area contributed by atoms with Gasteiger partial charge in [0, 0.05) is 6.61 Å². The lowest BCUT2D eigenvalue weighted by Gasteiger charge is -2.17. The lowest BCUT2D eigenvalue weighted by atomic mass is 10.0. The maximum Gasteiger partial charge on any atom is 0.0837 e. The Labute approximate surface area is 74.5 Å². The first-order valence-electron chi connectivity index (χ1n) is 4.65. The van der Waals surface area contributed by atoms with Crippen LogP contribution < -0.4 is 0 Å². The van der Waals surface area contributed by atoms with E-state index in [2.05, 4.69) is 12.1 Å². The van der Waals surface area contributed by atoms with Crippen LogP contribution >= 0.6 is 0 Å². The molecule has 0 aliphatic heterocycles. The van der Waals surface area contributed by atoms with E-state index >= 15 is 0 Å². The fourth-order valence-electron chi connectivity index (χ4n) is 1.24. The molecule has 0 aromatic heterocycles. The minimum absolute atomic E-state index is 0.298. The molecule has 0 saturated carbocycles. The zero-order valence-electron chi connectivity index (χ0n) is 8.25. The van der Waals surface area contributed by atoms with Gasteiger partial charge in [0.15, 0.2) is 0 Å². The summed E-state index contributed by atoms with van der Waals surface area (Å²) in [6, 6.07) is 0. The second kappa shape index (κ2) is 7.22. The Bertz CT molecular complexity index is 117. The van der Waals surface area contributed by atoms with Crippen LogP contribution in [-0.4, -0.2) is 19.3 Å². The SMILES string of the molecule is CCOC(CC)CC(C)CN=O. The summed E-state index contributed by atoms with van der Waals surface area (Å²) in [7, 11) is 0. The van der Waals surface area contributed by atoms with Gasteiger partial charge in [0.2, 0.25) is 0 Å². The molecule has 72 valence electrons. The Morgan fingerprint density at radius 3 is 2.50 bits per heavy atom. The summed E-state index contributed by atoms with van der Waals surface area (Å²) in [5.74, 6) is 0.346. The minimum Gasteiger partial charge on any atom is -0.379 e. The largest absolute Gasteiger partial charge is 0.379 e. The molecular formula is C9H19NO2. The number of rotatable bonds is 7. The Balaban J connectivity index is 3.60. The van der Waals surface area contributed by atoms with E-state index in [1.807, 2.05) is 13.8 Å². The highest BCUT2D eigenvalue weighted by atomic mass is 16.5. The average molecular weight is 173 g/mol. The van der Waals surface area contributed by atoms with Crippen molar-refractivity contribution in [2.45, 2.75) is 39.7 Å². The minimum atomic E-state index is 0.298. The molecule has 0 spiro atoms. The van der Waals surface area contributed by atoms with Gasteiger partial charge in [-0.05, 0) is 25.7 Å². The van der Waals surface area contributed by atoms with Crippen molar-refractivity contribution in [3.63, 3.8) is 0 Å². The first-order valence-corrected chi connectivity index (χ1v) is 4.65. The van der Waals surface area contributed by atoms with E-state index in [4.69, 9.17) is 4.74 Å². The summed E-state index contributed by atoms with van der Waals surface area (Å²) in [6.45, 7) is 7.28. The highest BCUT2D eigenvalue weighted by Gasteiger charge is 2.11. The summed E-state index contributed by atoms with van der Waals surface area (Å²) in [4.78, 5) is 9.95. The third-order valence-electron chi connectivity index (χ3n) is 1.91. The normalized spacial score (nSPS) is 15.6. The lowest BCUT2D eigenvalue weighted by molar-refractivity contribution is 0.0447. The van der Waals surface area contributed by atoms with Gasteiger partial charge in [-0.25, -0.2) is 0 Å². The Kier molecular flexibility index (Phi) is 6.96. The van der Waals surface area contributed by atoms with E-state index < -0.39 is 0 Å². The third-order valence-corrected chi connectivity index (χ3v) is 1.91. The van der Waals surface area contributed by atoms with Gasteiger partial charge in [0.05, 0.1) is 12.6 Å². The van der Waals surface area contributed by atoms with Crippen molar-refractivity contribution < 1.29 is 4.74 Å². The second-order valence-electron chi connectivity index (χ2n) is 3.14. The average Bonchev–Trinajstić information content (AvgIpc) is 2.04. The Morgan fingerprint density at radius 1 is 1.42 bits per heavy atom. The van der Waals surface area contributed by atoms with E-state index in [0.717, 1.165) is 19.4 Å². The zero-order valence-corrected chi connectivity index (χ0v) is 8.25. The molecule has 3 heteroatoms. The maximum absolute atomic E-state index is 9.95. The summed E-state index contributed by atoms with van der Waals surface area (Å²) in [5.41, 5.74) is 0. The molecule has 0 aromatic rings. The van der Waals surface area contributed by atoms with Gasteiger partial charge in [-0.15, -0.1) is 0 Å². The highest BCUT2D eigenvalue weighted by Crippen LogP contribution is 2.12. The standard InChI is InChI=1S/C9H19NO2/c1-4-9(12-5-2)6-8(3)7-10-11/h8-9H,4-7H2,1-3H3. The van der Waals surface area contributed by atoms with Crippen molar-refractivity contribution in [3.05, 3.63) is 4.91 Å². The molecule has 0 saturated heterocycles. The molecule has 0 radical (unpaired) electrons. The van der Waals surface area contributed by atoms with Crippen LogP contribution in [0.4, 0.5) is 0 Å². The number of hydrogen-bond donors (Lipinski definition) is 0. The molecular weight excluding hydrogens is 154 g/mol. The first-order chi connectivity index (χ1) is 5.74. The van der Waals surface area contributed by atoms with Crippen LogP contribution in [0.15, 0.2) is 5.18 Å². The topological polar surface area (TPSA) is 38.7 Å². The summed E-state index contributed by atoms with van der Waals surface area (Å²) >= 11 is 0. The second-order valence-corrected chi connectivity index (χ2v) is 3.14. The van der Waals surface area contributed by atoms with Gasteiger partial charge in [-0.1, -0.05) is 19.0 Å². The molecule has 2 atom stereocenters. The molecule has 2 unspecified atom stereocenters. The van der Waals surface area contributed by atoms with E-state index in [9.17, 15) is 4.91 Å². The van der Waals surface area contributed by atoms with Crippen LogP contribution in [-0.2, 0) is 4.74 Å². The van der Waals surface area contributed by atoms with Crippen molar-refractivity contribution in [1.29, 1.82) is 0 Å². The van der Waals surface area contributed by atoms with Crippen molar-refractivity contribution in [2.75, 3.05) is 13.2 Å². The van der Waals surface area contributed by atoms with Crippen LogP contribution in [0.25, 0.3) is 0 Å². The Morgan fingerprint density at radius 2 is 2.08 bits per heavy atom. The van der Waals surface area contributed by atoms with Crippen LogP contribution in [0.3, 0.4) is 0 Å². The molecule has 0 aromatic carbocycles. The summed E-state index contributed by atoms with van der Waals surface area (Å²) < 4.78 is 5.46. The van der Waals surface area contributed by atoms with Gasteiger partial charge in [0.25, 0.3) is 0 Å². The number of hydrogen-bond acceptors (Lipinski definition) is 3. The number of nitroso groups, excluding NO2 is 1. The van der Waals surface area contributed by atoms with Crippen molar-refractivity contribution in [1.82, 2.24) is 0 Å². The molecule has 0 heterocycles. The number of nitrogens with zero attached hydrogens (tertiary/aromatic N) is 1. The summed E-state index contributed by atoms with van der Waals surface area (Å²) in [5, 5.41) is 2.88.